The lowest BCUT2D eigenvalue weighted by Crippen LogP contribution is -2.46. The molecule has 1 atom stereocenters. The predicted octanol–water partition coefficient (Wildman–Crippen LogP) is 2.12. The number of nitrogens with zero attached hydrogens (tertiary/aromatic N) is 5. The zero-order valence-electron chi connectivity index (χ0n) is 15.1. The lowest BCUT2D eigenvalue weighted by molar-refractivity contribution is -0.121. The van der Waals surface area contributed by atoms with Crippen molar-refractivity contribution < 1.29 is 4.79 Å². The Bertz CT molecular complexity index is 744. The number of hydrogen-bond acceptors (Lipinski definition) is 4. The molecular formula is C17H26N6O. The van der Waals surface area contributed by atoms with Crippen LogP contribution in [0.5, 0.6) is 0 Å². The number of aromatic nitrogens is 4. The monoisotopic (exact) mass is 330 g/mol. The number of anilines is 1. The van der Waals surface area contributed by atoms with E-state index in [1.54, 1.807) is 6.20 Å². The van der Waals surface area contributed by atoms with Crippen LogP contribution in [-0.2, 0) is 17.9 Å². The molecule has 1 N–H and O–H groups in total. The summed E-state index contributed by atoms with van der Waals surface area (Å²) in [7, 11) is 0. The van der Waals surface area contributed by atoms with E-state index < -0.39 is 0 Å². The van der Waals surface area contributed by atoms with Gasteiger partial charge in [0.15, 0.2) is 0 Å². The van der Waals surface area contributed by atoms with Gasteiger partial charge >= 0.3 is 0 Å². The second-order valence-electron chi connectivity index (χ2n) is 6.74. The average molecular weight is 330 g/mol. The molecule has 130 valence electrons. The fourth-order valence-corrected chi connectivity index (χ4v) is 3.18. The molecule has 7 heteroatoms. The molecule has 0 aliphatic carbocycles. The quantitative estimate of drug-likeness (QED) is 0.932. The van der Waals surface area contributed by atoms with Crippen LogP contribution in [0.15, 0.2) is 12.3 Å². The van der Waals surface area contributed by atoms with Crippen molar-refractivity contribution in [1.29, 1.82) is 0 Å². The van der Waals surface area contributed by atoms with Gasteiger partial charge in [0.2, 0.25) is 5.91 Å². The van der Waals surface area contributed by atoms with Gasteiger partial charge in [0, 0.05) is 30.9 Å². The highest BCUT2D eigenvalue weighted by Crippen LogP contribution is 2.20. The lowest BCUT2D eigenvalue weighted by Gasteiger charge is -2.32. The number of fused-ring (bicyclic) bond motifs is 1. The van der Waals surface area contributed by atoms with E-state index in [9.17, 15) is 4.79 Å². The van der Waals surface area contributed by atoms with Crippen LogP contribution in [0.2, 0.25) is 0 Å². The van der Waals surface area contributed by atoms with Gasteiger partial charge in [-0.2, -0.15) is 5.10 Å². The normalized spacial score (nSPS) is 16.2. The molecule has 0 radical (unpaired) electrons. The zero-order chi connectivity index (χ0) is 17.4. The SMILES string of the molecule is Cc1nc2n(c1C)CCN([C@H](C)C(=O)Nc1ccnn1C(C)C)C2. The molecule has 2 aromatic rings. The Balaban J connectivity index is 1.69. The van der Waals surface area contributed by atoms with Gasteiger partial charge in [-0.1, -0.05) is 0 Å². The molecule has 24 heavy (non-hydrogen) atoms. The summed E-state index contributed by atoms with van der Waals surface area (Å²) < 4.78 is 4.07. The Labute approximate surface area is 142 Å². The van der Waals surface area contributed by atoms with Crippen LogP contribution in [0.1, 0.15) is 44.0 Å². The predicted molar refractivity (Wildman–Crippen MR) is 92.8 cm³/mol. The van der Waals surface area contributed by atoms with E-state index in [-0.39, 0.29) is 18.0 Å². The standard InChI is InChI=1S/C17H26N6O/c1-11(2)23-15(6-7-18-23)20-17(24)14(5)21-8-9-22-13(4)12(3)19-16(22)10-21/h6-7,11,14H,8-10H2,1-5H3,(H,20,24)/t14-/m1/s1. The van der Waals surface area contributed by atoms with E-state index >= 15 is 0 Å². The molecule has 0 aromatic carbocycles. The van der Waals surface area contributed by atoms with E-state index in [0.717, 1.165) is 30.4 Å². The molecule has 2 aromatic heterocycles. The molecule has 0 fully saturated rings. The Morgan fingerprint density at radius 3 is 2.71 bits per heavy atom. The number of rotatable bonds is 4. The molecule has 3 rings (SSSR count). The van der Waals surface area contributed by atoms with Gasteiger partial charge in [0.1, 0.15) is 11.6 Å². The number of carbonyl (C=O) groups is 1. The summed E-state index contributed by atoms with van der Waals surface area (Å²) in [4.78, 5) is 19.5. The van der Waals surface area contributed by atoms with Crippen LogP contribution in [0, 0.1) is 13.8 Å². The highest BCUT2D eigenvalue weighted by Gasteiger charge is 2.28. The minimum Gasteiger partial charge on any atom is -0.330 e. The first-order chi connectivity index (χ1) is 11.4. The molecule has 7 nitrogen and oxygen atoms in total. The summed E-state index contributed by atoms with van der Waals surface area (Å²) in [6, 6.07) is 1.82. The molecule has 3 heterocycles. The molecule has 1 aliphatic heterocycles. The number of aryl methyl sites for hydroxylation is 1. The van der Waals surface area contributed by atoms with Gasteiger partial charge in [0.25, 0.3) is 0 Å². The number of nitrogens with one attached hydrogen (secondary N) is 1. The Kier molecular flexibility index (Phi) is 4.45. The van der Waals surface area contributed by atoms with Gasteiger partial charge in [0.05, 0.1) is 24.5 Å². The van der Waals surface area contributed by atoms with Gasteiger partial charge < -0.3 is 9.88 Å². The summed E-state index contributed by atoms with van der Waals surface area (Å²) in [6.07, 6.45) is 1.71. The average Bonchev–Trinajstić information content (AvgIpc) is 3.11. The van der Waals surface area contributed by atoms with Crippen LogP contribution in [0.4, 0.5) is 5.82 Å². The highest BCUT2D eigenvalue weighted by atomic mass is 16.2. The van der Waals surface area contributed by atoms with Crippen LogP contribution >= 0.6 is 0 Å². The molecular weight excluding hydrogens is 304 g/mol. The Hall–Kier alpha value is -2.15. The first-order valence-electron chi connectivity index (χ1n) is 8.49. The van der Waals surface area contributed by atoms with E-state index in [4.69, 9.17) is 0 Å². The molecule has 0 spiro atoms. The third-order valence-corrected chi connectivity index (χ3v) is 4.83. The molecule has 1 aliphatic rings. The summed E-state index contributed by atoms with van der Waals surface area (Å²) in [5, 5.41) is 7.26. The molecule has 0 bridgehead atoms. The van der Waals surface area contributed by atoms with Crippen LogP contribution in [0.25, 0.3) is 0 Å². The van der Waals surface area contributed by atoms with Crippen molar-refractivity contribution in [2.45, 2.75) is 59.8 Å². The zero-order valence-corrected chi connectivity index (χ0v) is 15.1. The molecule has 0 unspecified atom stereocenters. The minimum atomic E-state index is -0.216. The third-order valence-electron chi connectivity index (χ3n) is 4.83. The molecule has 0 saturated heterocycles. The van der Waals surface area contributed by atoms with Gasteiger partial charge in [-0.25, -0.2) is 9.67 Å². The fourth-order valence-electron chi connectivity index (χ4n) is 3.18. The highest BCUT2D eigenvalue weighted by molar-refractivity contribution is 5.93. The maximum Gasteiger partial charge on any atom is 0.242 e. The van der Waals surface area contributed by atoms with Crippen LogP contribution < -0.4 is 5.32 Å². The fraction of sp³-hybridized carbons (Fsp3) is 0.588. The van der Waals surface area contributed by atoms with Gasteiger partial charge in [-0.3, -0.25) is 9.69 Å². The maximum atomic E-state index is 12.6. The smallest absolute Gasteiger partial charge is 0.242 e. The van der Waals surface area contributed by atoms with Crippen molar-refractivity contribution in [3.63, 3.8) is 0 Å². The Morgan fingerprint density at radius 1 is 1.25 bits per heavy atom. The summed E-state index contributed by atoms with van der Waals surface area (Å²) in [5.41, 5.74) is 2.30. The van der Waals surface area contributed by atoms with Crippen molar-refractivity contribution in [3.05, 3.63) is 29.5 Å². The van der Waals surface area contributed by atoms with E-state index in [0.29, 0.717) is 6.54 Å². The second-order valence-corrected chi connectivity index (χ2v) is 6.74. The van der Waals surface area contributed by atoms with Gasteiger partial charge in [-0.15, -0.1) is 0 Å². The number of amides is 1. The maximum absolute atomic E-state index is 12.6. The largest absolute Gasteiger partial charge is 0.330 e. The molecule has 0 saturated carbocycles. The number of imidazole rings is 1. The number of carbonyl (C=O) groups excluding carboxylic acids is 1. The summed E-state index contributed by atoms with van der Waals surface area (Å²) in [6.45, 7) is 12.6. The van der Waals surface area contributed by atoms with E-state index in [1.165, 1.54) is 5.69 Å². The first-order valence-corrected chi connectivity index (χ1v) is 8.49. The third kappa shape index (κ3) is 2.96. The van der Waals surface area contributed by atoms with Crippen molar-refractivity contribution in [1.82, 2.24) is 24.2 Å². The number of hydrogen-bond donors (Lipinski definition) is 1. The minimum absolute atomic E-state index is 0.00847. The van der Waals surface area contributed by atoms with E-state index in [1.807, 2.05) is 38.4 Å². The van der Waals surface area contributed by atoms with Crippen molar-refractivity contribution in [2.24, 2.45) is 0 Å². The molecule has 1 amide bonds. The van der Waals surface area contributed by atoms with E-state index in [2.05, 4.69) is 31.8 Å². The van der Waals surface area contributed by atoms with Crippen LogP contribution in [-0.4, -0.2) is 42.7 Å². The topological polar surface area (TPSA) is 68.0 Å². The van der Waals surface area contributed by atoms with Crippen molar-refractivity contribution >= 4 is 11.7 Å². The Morgan fingerprint density at radius 2 is 2.00 bits per heavy atom. The summed E-state index contributed by atoms with van der Waals surface area (Å²) >= 11 is 0. The lowest BCUT2D eigenvalue weighted by atomic mass is 10.2. The summed E-state index contributed by atoms with van der Waals surface area (Å²) in [5.74, 6) is 1.78. The first kappa shape index (κ1) is 16.7. The van der Waals surface area contributed by atoms with Crippen molar-refractivity contribution in [3.8, 4) is 0 Å². The van der Waals surface area contributed by atoms with Crippen LogP contribution in [0.3, 0.4) is 0 Å². The van der Waals surface area contributed by atoms with Gasteiger partial charge in [-0.05, 0) is 34.6 Å². The van der Waals surface area contributed by atoms with Crippen molar-refractivity contribution in [2.75, 3.05) is 11.9 Å². The second kappa shape index (κ2) is 6.39.